The van der Waals surface area contributed by atoms with Crippen molar-refractivity contribution in [3.63, 3.8) is 0 Å². The molecule has 6 nitrogen and oxygen atoms in total. The van der Waals surface area contributed by atoms with E-state index in [0.717, 1.165) is 6.92 Å². The van der Waals surface area contributed by atoms with Crippen molar-refractivity contribution in [2.75, 3.05) is 6.61 Å². The lowest BCUT2D eigenvalue weighted by atomic mass is 9.80. The van der Waals surface area contributed by atoms with Crippen molar-refractivity contribution in [2.24, 2.45) is 5.92 Å². The van der Waals surface area contributed by atoms with Gasteiger partial charge in [0.15, 0.2) is 11.6 Å². The van der Waals surface area contributed by atoms with Crippen molar-refractivity contribution in [1.29, 1.82) is 0 Å². The predicted octanol–water partition coefficient (Wildman–Crippen LogP) is 0.365. The number of allylic oxidation sites excluding steroid dienone is 1. The Hall–Kier alpha value is -1.53. The van der Waals surface area contributed by atoms with Crippen LogP contribution in [0.25, 0.3) is 0 Å². The van der Waals surface area contributed by atoms with E-state index in [1.807, 2.05) is 0 Å². The zero-order valence-electron chi connectivity index (χ0n) is 13.8. The number of carbonyl (C=O) groups excluding carboxylic acids is 3. The number of rotatable bonds is 9. The van der Waals surface area contributed by atoms with Crippen LogP contribution in [-0.4, -0.2) is 45.9 Å². The van der Waals surface area contributed by atoms with E-state index in [4.69, 9.17) is 6.48 Å². The molecule has 0 saturated carbocycles. The quantitative estimate of drug-likeness (QED) is 0.534. The van der Waals surface area contributed by atoms with E-state index in [1.165, 1.54) is 26.0 Å². The highest BCUT2D eigenvalue weighted by atomic mass is 16.3. The van der Waals surface area contributed by atoms with Crippen molar-refractivity contribution in [1.82, 2.24) is 5.32 Å². The van der Waals surface area contributed by atoms with Crippen LogP contribution in [0.15, 0.2) is 12.2 Å². The first-order chi connectivity index (χ1) is 10.2. The minimum absolute atomic E-state index is 0.104. The van der Waals surface area contributed by atoms with E-state index >= 15 is 0 Å². The van der Waals surface area contributed by atoms with Gasteiger partial charge >= 0.3 is 0 Å². The van der Waals surface area contributed by atoms with E-state index in [1.54, 1.807) is 0 Å². The summed E-state index contributed by atoms with van der Waals surface area (Å²) >= 11 is 0. The van der Waals surface area contributed by atoms with Crippen molar-refractivity contribution in [2.45, 2.75) is 52.2 Å². The molecule has 0 aromatic heterocycles. The van der Waals surface area contributed by atoms with Gasteiger partial charge in [-0.15, -0.1) is 0 Å². The van der Waals surface area contributed by atoms with Crippen LogP contribution >= 0.6 is 0 Å². The van der Waals surface area contributed by atoms with Crippen LogP contribution in [-0.2, 0) is 14.4 Å². The van der Waals surface area contributed by atoms with Crippen LogP contribution in [0, 0.1) is 5.92 Å². The Labute approximate surface area is 126 Å². The second-order valence-electron chi connectivity index (χ2n) is 4.99. The Morgan fingerprint density at radius 3 is 2.43 bits per heavy atom. The third-order valence-corrected chi connectivity index (χ3v) is 3.36. The molecule has 120 valence electrons. The maximum absolute atomic E-state index is 12.3. The van der Waals surface area contributed by atoms with E-state index < -0.39 is 35.9 Å². The van der Waals surface area contributed by atoms with Crippen LogP contribution in [0.1, 0.15) is 41.9 Å². The molecule has 3 atom stereocenters. The average molecular weight is 300 g/mol. The highest BCUT2D eigenvalue weighted by Gasteiger charge is 2.43. The first kappa shape index (κ1) is 17.5. The van der Waals surface area contributed by atoms with Crippen LogP contribution in [0.5, 0.6) is 0 Å². The molecule has 0 bridgehead atoms. The molecule has 0 aromatic carbocycles. The molecule has 1 unspecified atom stereocenters. The number of aliphatic hydroxyl groups is 2. The van der Waals surface area contributed by atoms with Crippen molar-refractivity contribution < 1.29 is 26.0 Å². The topological polar surface area (TPSA) is 104 Å². The minimum atomic E-state index is -2.05. The van der Waals surface area contributed by atoms with Crippen molar-refractivity contribution in [3.8, 4) is 0 Å². The SMILES string of the molecule is [2H]CC/C=C/[C@H](C(=O)NC(C)C(C)=O)[C@@](O)(CCO)C(C)=O. The Morgan fingerprint density at radius 1 is 1.38 bits per heavy atom. The van der Waals surface area contributed by atoms with Crippen LogP contribution < -0.4 is 5.32 Å². The lowest BCUT2D eigenvalue weighted by Crippen LogP contribution is -2.53. The summed E-state index contributed by atoms with van der Waals surface area (Å²) < 4.78 is 7.08. The molecule has 0 spiro atoms. The van der Waals surface area contributed by atoms with Crippen LogP contribution in [0.4, 0.5) is 0 Å². The summed E-state index contributed by atoms with van der Waals surface area (Å²) in [7, 11) is 0. The molecule has 3 N–H and O–H groups in total. The predicted molar refractivity (Wildman–Crippen MR) is 78.5 cm³/mol. The summed E-state index contributed by atoms with van der Waals surface area (Å²) in [5.74, 6) is -2.80. The van der Waals surface area contributed by atoms with Gasteiger partial charge in [-0.1, -0.05) is 19.1 Å². The number of hydrogen-bond donors (Lipinski definition) is 3. The van der Waals surface area contributed by atoms with Crippen LogP contribution in [0.2, 0.25) is 0 Å². The summed E-state index contributed by atoms with van der Waals surface area (Å²) in [6, 6.07) is -0.745. The molecule has 0 aliphatic carbocycles. The zero-order chi connectivity index (χ0) is 17.3. The molecule has 21 heavy (non-hydrogen) atoms. The van der Waals surface area contributed by atoms with Gasteiger partial charge in [-0.25, -0.2) is 0 Å². The number of amides is 1. The van der Waals surface area contributed by atoms with E-state index in [2.05, 4.69) is 5.32 Å². The van der Waals surface area contributed by atoms with E-state index in [-0.39, 0.29) is 19.1 Å². The molecular weight excluding hydrogens is 274 g/mol. The molecule has 6 heteroatoms. The number of ketones is 2. The van der Waals surface area contributed by atoms with Crippen molar-refractivity contribution in [3.05, 3.63) is 12.2 Å². The first-order valence-electron chi connectivity index (χ1n) is 7.52. The van der Waals surface area contributed by atoms with Gasteiger partial charge in [0, 0.05) is 14.4 Å². The van der Waals surface area contributed by atoms with Gasteiger partial charge in [0.25, 0.3) is 0 Å². The number of Topliss-reactive ketones (excluding diaryl/α,β-unsaturated/α-hetero) is 2. The maximum Gasteiger partial charge on any atom is 0.230 e. The third kappa shape index (κ3) is 5.40. The lowest BCUT2D eigenvalue weighted by molar-refractivity contribution is -0.149. The summed E-state index contributed by atoms with van der Waals surface area (Å²) in [4.78, 5) is 35.3. The second-order valence-corrected chi connectivity index (χ2v) is 4.99. The lowest BCUT2D eigenvalue weighted by Gasteiger charge is -2.31. The fourth-order valence-corrected chi connectivity index (χ4v) is 1.82. The third-order valence-electron chi connectivity index (χ3n) is 3.36. The van der Waals surface area contributed by atoms with E-state index in [0.29, 0.717) is 6.42 Å². The zero-order valence-corrected chi connectivity index (χ0v) is 12.8. The normalized spacial score (nSPS) is 17.7. The molecule has 0 saturated heterocycles. The molecule has 0 aliphatic heterocycles. The Kier molecular flexibility index (Phi) is 7.25. The first-order valence-corrected chi connectivity index (χ1v) is 6.81. The van der Waals surface area contributed by atoms with Gasteiger partial charge in [-0.2, -0.15) is 0 Å². The van der Waals surface area contributed by atoms with Crippen LogP contribution in [0.3, 0.4) is 0 Å². The standard InChI is InChI=1S/C15H25NO5/c1-5-6-7-13(14(20)16-10(2)11(3)18)15(21,8-9-17)12(4)19/h6-7,10,13,17,21H,5,8-9H2,1-4H3,(H,16,20)/b7-6+/t10?,13-,15-/m1/s1/i1D. The number of nitrogens with one attached hydrogen (secondary N) is 1. The Bertz CT molecular complexity index is 438. The van der Waals surface area contributed by atoms with Gasteiger partial charge in [0.1, 0.15) is 5.60 Å². The maximum atomic E-state index is 12.3. The molecule has 0 rings (SSSR count). The highest BCUT2D eigenvalue weighted by Crippen LogP contribution is 2.25. The van der Waals surface area contributed by atoms with Crippen molar-refractivity contribution >= 4 is 17.5 Å². The molecule has 1 amide bonds. The molecule has 0 radical (unpaired) electrons. The monoisotopic (exact) mass is 300 g/mol. The largest absolute Gasteiger partial charge is 0.396 e. The number of aliphatic hydroxyl groups excluding tert-OH is 1. The molecule has 0 aromatic rings. The Balaban J connectivity index is 5.46. The van der Waals surface area contributed by atoms with E-state index in [9.17, 15) is 19.5 Å². The fourth-order valence-electron chi connectivity index (χ4n) is 1.82. The average Bonchev–Trinajstić information content (AvgIpc) is 2.43. The highest BCUT2D eigenvalue weighted by molar-refractivity contribution is 5.95. The van der Waals surface area contributed by atoms with Gasteiger partial charge in [0.2, 0.25) is 5.91 Å². The van der Waals surface area contributed by atoms with Gasteiger partial charge in [-0.05, 0) is 27.2 Å². The summed E-state index contributed by atoms with van der Waals surface area (Å²) in [5, 5.41) is 22.0. The van der Waals surface area contributed by atoms with Gasteiger partial charge in [-0.3, -0.25) is 14.4 Å². The minimum Gasteiger partial charge on any atom is -0.396 e. The number of carbonyl (C=O) groups is 3. The smallest absolute Gasteiger partial charge is 0.230 e. The summed E-state index contributed by atoms with van der Waals surface area (Å²) in [6.07, 6.45) is 2.95. The summed E-state index contributed by atoms with van der Waals surface area (Å²) in [6.45, 7) is 3.61. The molecule has 0 fully saturated rings. The molecular formula is C15H25NO5. The number of hydrogen-bond acceptors (Lipinski definition) is 5. The Morgan fingerprint density at radius 2 is 2.00 bits per heavy atom. The fraction of sp³-hybridized carbons (Fsp3) is 0.667. The molecule has 0 heterocycles. The van der Waals surface area contributed by atoms with Gasteiger partial charge in [0.05, 0.1) is 12.0 Å². The van der Waals surface area contributed by atoms with Gasteiger partial charge < -0.3 is 15.5 Å². The second kappa shape index (κ2) is 8.69. The summed E-state index contributed by atoms with van der Waals surface area (Å²) in [5.41, 5.74) is -2.05. The molecule has 0 aliphatic rings.